The summed E-state index contributed by atoms with van der Waals surface area (Å²) in [5.74, 6) is 0.665. The van der Waals surface area contributed by atoms with Crippen molar-refractivity contribution in [2.24, 2.45) is 0 Å². The molecule has 1 aliphatic heterocycles. The van der Waals surface area contributed by atoms with Crippen LogP contribution in [0.5, 0.6) is 0 Å². The van der Waals surface area contributed by atoms with Gasteiger partial charge in [0.1, 0.15) is 18.0 Å². The zero-order valence-corrected chi connectivity index (χ0v) is 15.7. The van der Waals surface area contributed by atoms with E-state index in [1.807, 2.05) is 23.3 Å². The first kappa shape index (κ1) is 17.7. The zero-order valence-electron chi connectivity index (χ0n) is 14.9. The third kappa shape index (κ3) is 3.73. The molecule has 3 aromatic rings. The molecule has 140 valence electrons. The van der Waals surface area contributed by atoms with Crippen LogP contribution in [0, 0.1) is 5.82 Å². The SMILES string of the molecule is CSc1cc(CC(=O)N2CCN(c3ccc4nncn4n3)CC2)ccc1F. The van der Waals surface area contributed by atoms with E-state index in [-0.39, 0.29) is 11.7 Å². The number of carbonyl (C=O) groups is 1. The average molecular weight is 386 g/mol. The van der Waals surface area contributed by atoms with E-state index in [0.717, 1.165) is 11.4 Å². The molecule has 1 amide bonds. The summed E-state index contributed by atoms with van der Waals surface area (Å²) in [5, 5.41) is 12.3. The topological polar surface area (TPSA) is 66.6 Å². The molecule has 9 heteroatoms. The highest BCUT2D eigenvalue weighted by atomic mass is 32.2. The molecule has 0 N–H and O–H groups in total. The maximum Gasteiger partial charge on any atom is 0.227 e. The number of anilines is 1. The summed E-state index contributed by atoms with van der Waals surface area (Å²) >= 11 is 1.35. The van der Waals surface area contributed by atoms with Crippen molar-refractivity contribution in [3.05, 3.63) is 48.0 Å². The van der Waals surface area contributed by atoms with E-state index in [1.54, 1.807) is 23.0 Å². The van der Waals surface area contributed by atoms with Gasteiger partial charge in [0.25, 0.3) is 0 Å². The zero-order chi connectivity index (χ0) is 18.8. The van der Waals surface area contributed by atoms with E-state index >= 15 is 0 Å². The number of hydrogen-bond donors (Lipinski definition) is 0. The minimum absolute atomic E-state index is 0.0653. The number of amides is 1. The van der Waals surface area contributed by atoms with Crippen molar-refractivity contribution < 1.29 is 9.18 Å². The Balaban J connectivity index is 1.37. The van der Waals surface area contributed by atoms with Gasteiger partial charge in [-0.2, -0.15) is 4.52 Å². The van der Waals surface area contributed by atoms with Crippen molar-refractivity contribution in [1.29, 1.82) is 0 Å². The van der Waals surface area contributed by atoms with Crippen molar-refractivity contribution in [3.63, 3.8) is 0 Å². The van der Waals surface area contributed by atoms with E-state index in [4.69, 9.17) is 0 Å². The second kappa shape index (κ2) is 7.51. The largest absolute Gasteiger partial charge is 0.352 e. The van der Waals surface area contributed by atoms with Gasteiger partial charge in [-0.1, -0.05) is 6.07 Å². The highest BCUT2D eigenvalue weighted by Crippen LogP contribution is 2.21. The van der Waals surface area contributed by atoms with Gasteiger partial charge in [-0.25, -0.2) is 4.39 Å². The van der Waals surface area contributed by atoms with Crippen LogP contribution < -0.4 is 4.90 Å². The molecule has 1 fully saturated rings. The van der Waals surface area contributed by atoms with Crippen LogP contribution in [0.4, 0.5) is 10.2 Å². The van der Waals surface area contributed by atoms with E-state index in [9.17, 15) is 9.18 Å². The molecule has 1 aliphatic rings. The molecule has 27 heavy (non-hydrogen) atoms. The van der Waals surface area contributed by atoms with Crippen LogP contribution in [0.1, 0.15) is 5.56 Å². The Morgan fingerprint density at radius 3 is 2.78 bits per heavy atom. The highest BCUT2D eigenvalue weighted by molar-refractivity contribution is 7.98. The van der Waals surface area contributed by atoms with Gasteiger partial charge in [-0.15, -0.1) is 27.1 Å². The molecule has 3 heterocycles. The smallest absolute Gasteiger partial charge is 0.227 e. The number of thioether (sulfide) groups is 1. The van der Waals surface area contributed by atoms with Crippen LogP contribution in [0.3, 0.4) is 0 Å². The number of carbonyl (C=O) groups excluding carboxylic acids is 1. The summed E-state index contributed by atoms with van der Waals surface area (Å²) in [6.45, 7) is 2.70. The molecule has 0 atom stereocenters. The second-order valence-corrected chi connectivity index (χ2v) is 7.19. The average Bonchev–Trinajstić information content (AvgIpc) is 3.17. The number of hydrogen-bond acceptors (Lipinski definition) is 6. The maximum absolute atomic E-state index is 13.6. The number of benzene rings is 1. The normalized spacial score (nSPS) is 14.7. The molecule has 1 saturated heterocycles. The van der Waals surface area contributed by atoms with Crippen LogP contribution >= 0.6 is 11.8 Å². The molecule has 0 radical (unpaired) electrons. The Morgan fingerprint density at radius 1 is 1.19 bits per heavy atom. The fourth-order valence-corrected chi connectivity index (χ4v) is 3.70. The van der Waals surface area contributed by atoms with E-state index in [1.165, 1.54) is 17.8 Å². The minimum atomic E-state index is -0.245. The van der Waals surface area contributed by atoms with Crippen molar-refractivity contribution in [1.82, 2.24) is 24.7 Å². The molecule has 0 aliphatic carbocycles. The lowest BCUT2D eigenvalue weighted by molar-refractivity contribution is -0.130. The van der Waals surface area contributed by atoms with Gasteiger partial charge in [0.2, 0.25) is 5.91 Å². The van der Waals surface area contributed by atoms with Crippen molar-refractivity contribution >= 4 is 29.1 Å². The van der Waals surface area contributed by atoms with Crippen molar-refractivity contribution in [3.8, 4) is 0 Å². The third-order valence-electron chi connectivity index (χ3n) is 4.67. The quantitative estimate of drug-likeness (QED) is 0.638. The van der Waals surface area contributed by atoms with Gasteiger partial charge in [-0.05, 0) is 36.1 Å². The van der Waals surface area contributed by atoms with Gasteiger partial charge < -0.3 is 9.80 Å². The lowest BCUT2D eigenvalue weighted by Crippen LogP contribution is -2.49. The van der Waals surface area contributed by atoms with Crippen molar-refractivity contribution in [2.45, 2.75) is 11.3 Å². The molecule has 1 aromatic carbocycles. The first-order valence-electron chi connectivity index (χ1n) is 8.66. The number of piperazine rings is 1. The van der Waals surface area contributed by atoms with Crippen molar-refractivity contribution in [2.75, 3.05) is 37.3 Å². The molecular formula is C18H19FN6OS. The number of aromatic nitrogens is 4. The van der Waals surface area contributed by atoms with E-state index in [2.05, 4.69) is 20.2 Å². The second-order valence-electron chi connectivity index (χ2n) is 6.34. The fraction of sp³-hybridized carbons (Fsp3) is 0.333. The Morgan fingerprint density at radius 2 is 2.00 bits per heavy atom. The molecule has 0 spiro atoms. The van der Waals surface area contributed by atoms with E-state index in [0.29, 0.717) is 43.1 Å². The minimum Gasteiger partial charge on any atom is -0.352 e. The predicted octanol–water partition coefficient (Wildman–Crippen LogP) is 1.88. The van der Waals surface area contributed by atoms with Crippen LogP contribution in [-0.2, 0) is 11.2 Å². The Bertz CT molecular complexity index is 969. The summed E-state index contributed by atoms with van der Waals surface area (Å²) in [6, 6.07) is 8.67. The lowest BCUT2D eigenvalue weighted by Gasteiger charge is -2.35. The molecule has 4 rings (SSSR count). The molecule has 0 saturated carbocycles. The standard InChI is InChI=1S/C18H19FN6OS/c1-27-15-10-13(2-3-14(15)19)11-18(26)24-8-6-23(7-9-24)17-5-4-16-21-20-12-25(16)22-17/h2-5,10,12H,6-9,11H2,1H3. The van der Waals surface area contributed by atoms with E-state index < -0.39 is 0 Å². The Labute approximate surface area is 160 Å². The van der Waals surface area contributed by atoms with Crippen LogP contribution in [0.15, 0.2) is 41.6 Å². The Hall–Kier alpha value is -2.68. The molecule has 0 bridgehead atoms. The van der Waals surface area contributed by atoms with Crippen LogP contribution in [0.2, 0.25) is 0 Å². The van der Waals surface area contributed by atoms with Crippen LogP contribution in [-0.4, -0.2) is 63.1 Å². The fourth-order valence-electron chi connectivity index (χ4n) is 3.17. The van der Waals surface area contributed by atoms with Gasteiger partial charge in [0.05, 0.1) is 6.42 Å². The summed E-state index contributed by atoms with van der Waals surface area (Å²) in [7, 11) is 0. The molecule has 7 nitrogen and oxygen atoms in total. The van der Waals surface area contributed by atoms with Gasteiger partial charge >= 0.3 is 0 Å². The maximum atomic E-state index is 13.6. The number of nitrogens with zero attached hydrogens (tertiary/aromatic N) is 6. The van der Waals surface area contributed by atoms with Gasteiger partial charge in [-0.3, -0.25) is 4.79 Å². The molecule has 0 unspecified atom stereocenters. The number of fused-ring (bicyclic) bond motifs is 1. The molecular weight excluding hydrogens is 367 g/mol. The summed E-state index contributed by atoms with van der Waals surface area (Å²) < 4.78 is 15.2. The Kier molecular flexibility index (Phi) is 4.93. The number of rotatable bonds is 4. The third-order valence-corrected chi connectivity index (χ3v) is 5.43. The number of halogens is 1. The van der Waals surface area contributed by atoms with Gasteiger partial charge in [0.15, 0.2) is 5.65 Å². The first-order chi connectivity index (χ1) is 13.1. The summed E-state index contributed by atoms with van der Waals surface area (Å²) in [6.07, 6.45) is 3.69. The van der Waals surface area contributed by atoms with Gasteiger partial charge in [0, 0.05) is 31.1 Å². The summed E-state index contributed by atoms with van der Waals surface area (Å²) in [5.41, 5.74) is 1.55. The monoisotopic (exact) mass is 386 g/mol. The predicted molar refractivity (Wildman–Crippen MR) is 101 cm³/mol. The summed E-state index contributed by atoms with van der Waals surface area (Å²) in [4.78, 5) is 17.2. The highest BCUT2D eigenvalue weighted by Gasteiger charge is 2.22. The lowest BCUT2D eigenvalue weighted by atomic mass is 10.1. The van der Waals surface area contributed by atoms with Crippen LogP contribution in [0.25, 0.3) is 5.65 Å². The first-order valence-corrected chi connectivity index (χ1v) is 9.89. The molecule has 2 aromatic heterocycles.